The fourth-order valence-corrected chi connectivity index (χ4v) is 2.46. The summed E-state index contributed by atoms with van der Waals surface area (Å²) in [6, 6.07) is 5.96. The van der Waals surface area contributed by atoms with Gasteiger partial charge in [0.1, 0.15) is 0 Å². The lowest BCUT2D eigenvalue weighted by Gasteiger charge is -2.17. The highest BCUT2D eigenvalue weighted by Gasteiger charge is 2.12. The van der Waals surface area contributed by atoms with Crippen molar-refractivity contribution in [3.63, 3.8) is 0 Å². The van der Waals surface area contributed by atoms with Gasteiger partial charge in [-0.2, -0.15) is 0 Å². The monoisotopic (exact) mass is 336 g/mol. The van der Waals surface area contributed by atoms with Gasteiger partial charge in [-0.1, -0.05) is 65.4 Å². The molecule has 0 atom stereocenters. The van der Waals surface area contributed by atoms with Crippen LogP contribution in [0.15, 0.2) is 18.2 Å². The number of benzene rings is 1. The molecule has 0 spiro atoms. The van der Waals surface area contributed by atoms with E-state index in [9.17, 15) is 0 Å². The number of para-hydroxylation sites is 1. The Labute approximate surface area is 148 Å². The Kier molecular flexibility index (Phi) is 12.1. The van der Waals surface area contributed by atoms with E-state index in [1.165, 1.54) is 38.5 Å². The van der Waals surface area contributed by atoms with Gasteiger partial charge in [-0.25, -0.2) is 0 Å². The fraction of sp³-hybridized carbons (Fsp3) is 0.714. The van der Waals surface area contributed by atoms with Crippen molar-refractivity contribution in [3.05, 3.63) is 18.2 Å². The summed E-state index contributed by atoms with van der Waals surface area (Å²) in [6.45, 7) is 8.79. The summed E-state index contributed by atoms with van der Waals surface area (Å²) in [5, 5.41) is 0. The molecule has 1 aromatic rings. The molecule has 1 aromatic carbocycles. The molecule has 138 valence electrons. The highest BCUT2D eigenvalue weighted by atomic mass is 16.5. The van der Waals surface area contributed by atoms with E-state index in [0.717, 1.165) is 49.7 Å². The number of ether oxygens (including phenoxy) is 3. The molecule has 0 radical (unpaired) electrons. The van der Waals surface area contributed by atoms with Crippen molar-refractivity contribution >= 4 is 0 Å². The smallest absolute Gasteiger partial charge is 0.203 e. The van der Waals surface area contributed by atoms with Crippen molar-refractivity contribution in [1.29, 1.82) is 0 Å². The first kappa shape index (κ1) is 20.7. The second kappa shape index (κ2) is 14.0. The lowest BCUT2D eigenvalue weighted by molar-refractivity contribution is 0.235. The fourth-order valence-electron chi connectivity index (χ4n) is 2.46. The van der Waals surface area contributed by atoms with Gasteiger partial charge in [0.2, 0.25) is 5.75 Å². The van der Waals surface area contributed by atoms with Gasteiger partial charge in [-0.15, -0.1) is 0 Å². The Morgan fingerprint density at radius 1 is 0.583 bits per heavy atom. The molecule has 0 saturated carbocycles. The molecule has 0 aliphatic rings. The quantitative estimate of drug-likeness (QED) is 0.347. The molecule has 0 fully saturated rings. The van der Waals surface area contributed by atoms with Gasteiger partial charge in [0, 0.05) is 0 Å². The first-order valence-corrected chi connectivity index (χ1v) is 9.84. The maximum Gasteiger partial charge on any atom is 0.203 e. The third-order valence-electron chi connectivity index (χ3n) is 3.95. The van der Waals surface area contributed by atoms with E-state index < -0.39 is 0 Å². The van der Waals surface area contributed by atoms with Gasteiger partial charge in [0.25, 0.3) is 0 Å². The van der Waals surface area contributed by atoms with Gasteiger partial charge in [-0.3, -0.25) is 0 Å². The summed E-state index contributed by atoms with van der Waals surface area (Å²) in [6.07, 6.45) is 10.4. The zero-order chi connectivity index (χ0) is 17.5. The van der Waals surface area contributed by atoms with Crippen LogP contribution in [-0.2, 0) is 0 Å². The van der Waals surface area contributed by atoms with Gasteiger partial charge < -0.3 is 14.2 Å². The molecule has 0 unspecified atom stereocenters. The highest BCUT2D eigenvalue weighted by molar-refractivity contribution is 5.51. The Balaban J connectivity index is 2.67. The van der Waals surface area contributed by atoms with Crippen molar-refractivity contribution in [1.82, 2.24) is 0 Å². The number of unbranched alkanes of at least 4 members (excludes halogenated alkanes) is 6. The number of hydrogen-bond donors (Lipinski definition) is 0. The first-order valence-electron chi connectivity index (χ1n) is 9.84. The van der Waals surface area contributed by atoms with Crippen LogP contribution in [-0.4, -0.2) is 19.8 Å². The summed E-state index contributed by atoms with van der Waals surface area (Å²) >= 11 is 0. The minimum Gasteiger partial charge on any atom is -0.490 e. The maximum atomic E-state index is 6.03. The average molecular weight is 337 g/mol. The van der Waals surface area contributed by atoms with Crippen molar-refractivity contribution in [2.75, 3.05) is 19.8 Å². The predicted molar refractivity (Wildman–Crippen MR) is 102 cm³/mol. The topological polar surface area (TPSA) is 27.7 Å². The lowest BCUT2D eigenvalue weighted by Crippen LogP contribution is -2.06. The minimum atomic E-state index is 0.717. The summed E-state index contributed by atoms with van der Waals surface area (Å²) < 4.78 is 18.0. The molecule has 3 nitrogen and oxygen atoms in total. The Hall–Kier alpha value is -1.38. The zero-order valence-electron chi connectivity index (χ0n) is 15.9. The van der Waals surface area contributed by atoms with Gasteiger partial charge in [0.15, 0.2) is 11.5 Å². The largest absolute Gasteiger partial charge is 0.490 e. The normalized spacial score (nSPS) is 10.6. The van der Waals surface area contributed by atoms with E-state index in [-0.39, 0.29) is 0 Å². The van der Waals surface area contributed by atoms with E-state index in [1.54, 1.807) is 0 Å². The molecule has 0 aliphatic heterocycles. The van der Waals surface area contributed by atoms with Crippen LogP contribution in [0.4, 0.5) is 0 Å². The molecule has 0 heterocycles. The minimum absolute atomic E-state index is 0.717. The molecule has 0 amide bonds. The Bertz CT molecular complexity index is 387. The second-order valence-electron chi connectivity index (χ2n) is 6.25. The first-order chi connectivity index (χ1) is 11.8. The van der Waals surface area contributed by atoms with E-state index in [1.807, 2.05) is 18.2 Å². The van der Waals surface area contributed by atoms with Crippen molar-refractivity contribution in [3.8, 4) is 17.2 Å². The third-order valence-corrected chi connectivity index (χ3v) is 3.95. The summed E-state index contributed by atoms with van der Waals surface area (Å²) in [4.78, 5) is 0. The molecule has 3 heteroatoms. The molecule has 1 rings (SSSR count). The average Bonchev–Trinajstić information content (AvgIpc) is 2.60. The molecule has 0 bridgehead atoms. The van der Waals surface area contributed by atoms with Crippen LogP contribution in [0, 0.1) is 0 Å². The number of rotatable bonds is 15. The van der Waals surface area contributed by atoms with E-state index in [2.05, 4.69) is 20.8 Å². The van der Waals surface area contributed by atoms with Crippen molar-refractivity contribution in [2.24, 2.45) is 0 Å². The SMILES string of the molecule is CCCCCOc1cccc(OCCCCC)c1OCCCCC. The van der Waals surface area contributed by atoms with E-state index in [0.29, 0.717) is 6.61 Å². The molecular formula is C21H36O3. The summed E-state index contributed by atoms with van der Waals surface area (Å²) in [7, 11) is 0. The predicted octanol–water partition coefficient (Wildman–Crippen LogP) is 6.39. The molecule has 0 saturated heterocycles. The molecule has 0 N–H and O–H groups in total. The van der Waals surface area contributed by atoms with Crippen molar-refractivity contribution < 1.29 is 14.2 Å². The van der Waals surface area contributed by atoms with Crippen molar-refractivity contribution in [2.45, 2.75) is 78.6 Å². The maximum absolute atomic E-state index is 6.03. The molecule has 24 heavy (non-hydrogen) atoms. The summed E-state index contributed by atoms with van der Waals surface area (Å²) in [5.74, 6) is 2.41. The van der Waals surface area contributed by atoms with Crippen LogP contribution in [0.3, 0.4) is 0 Å². The molecule has 0 aromatic heterocycles. The summed E-state index contributed by atoms with van der Waals surface area (Å²) in [5.41, 5.74) is 0. The van der Waals surface area contributed by atoms with E-state index in [4.69, 9.17) is 14.2 Å². The highest BCUT2D eigenvalue weighted by Crippen LogP contribution is 2.37. The zero-order valence-corrected chi connectivity index (χ0v) is 15.9. The van der Waals surface area contributed by atoms with Crippen LogP contribution in [0.2, 0.25) is 0 Å². The van der Waals surface area contributed by atoms with Gasteiger partial charge in [-0.05, 0) is 31.4 Å². The standard InChI is InChI=1S/C21H36O3/c1-4-7-10-16-22-19-14-13-15-20(23-17-11-8-5-2)21(19)24-18-12-9-6-3/h13-15H,4-12,16-18H2,1-3H3. The Morgan fingerprint density at radius 2 is 1.00 bits per heavy atom. The van der Waals surface area contributed by atoms with E-state index >= 15 is 0 Å². The third kappa shape index (κ3) is 8.47. The van der Waals surface area contributed by atoms with Crippen LogP contribution < -0.4 is 14.2 Å². The molecule has 0 aliphatic carbocycles. The van der Waals surface area contributed by atoms with Crippen LogP contribution >= 0.6 is 0 Å². The van der Waals surface area contributed by atoms with Gasteiger partial charge >= 0.3 is 0 Å². The Morgan fingerprint density at radius 3 is 1.42 bits per heavy atom. The lowest BCUT2D eigenvalue weighted by atomic mass is 10.2. The van der Waals surface area contributed by atoms with Crippen LogP contribution in [0.5, 0.6) is 17.2 Å². The molecular weight excluding hydrogens is 300 g/mol. The van der Waals surface area contributed by atoms with Gasteiger partial charge in [0.05, 0.1) is 19.8 Å². The van der Waals surface area contributed by atoms with Crippen LogP contribution in [0.25, 0.3) is 0 Å². The second-order valence-corrected chi connectivity index (χ2v) is 6.25. The van der Waals surface area contributed by atoms with Crippen LogP contribution in [0.1, 0.15) is 78.6 Å². The number of hydrogen-bond acceptors (Lipinski definition) is 3.